The molecule has 0 aromatic carbocycles. The van der Waals surface area contributed by atoms with Crippen molar-refractivity contribution in [2.75, 3.05) is 20.2 Å². The summed E-state index contributed by atoms with van der Waals surface area (Å²) in [6.07, 6.45) is 3.98. The molecule has 5 heteroatoms. The van der Waals surface area contributed by atoms with Crippen molar-refractivity contribution in [3.05, 3.63) is 29.6 Å². The molecular formula is C15H23N3O2. The number of carbonyl (C=O) groups excluding carboxylic acids is 1. The number of hydrogen-bond acceptors (Lipinski definition) is 5. The number of hydrogen-bond donors (Lipinski definition) is 1. The van der Waals surface area contributed by atoms with Crippen molar-refractivity contribution in [1.82, 2.24) is 9.88 Å². The van der Waals surface area contributed by atoms with Crippen LogP contribution in [0.5, 0.6) is 0 Å². The smallest absolute Gasteiger partial charge is 0.339 e. The average molecular weight is 277 g/mol. The number of esters is 1. The number of nitrogens with two attached hydrogens (primary N) is 1. The van der Waals surface area contributed by atoms with Crippen molar-refractivity contribution < 1.29 is 9.53 Å². The maximum atomic E-state index is 11.3. The molecule has 2 N–H and O–H groups in total. The molecule has 1 aromatic rings. The quantitative estimate of drug-likeness (QED) is 0.843. The lowest BCUT2D eigenvalue weighted by atomic mass is 9.92. The number of pyridine rings is 1. The molecule has 0 saturated carbocycles. The van der Waals surface area contributed by atoms with E-state index in [1.807, 2.05) is 6.07 Å². The minimum Gasteiger partial charge on any atom is -0.465 e. The highest BCUT2D eigenvalue weighted by Crippen LogP contribution is 2.20. The highest BCUT2D eigenvalue weighted by atomic mass is 16.5. The third kappa shape index (κ3) is 3.77. The molecule has 1 aromatic heterocycles. The molecule has 2 heterocycles. The Bertz CT molecular complexity index is 445. The van der Waals surface area contributed by atoms with Crippen molar-refractivity contribution >= 4 is 5.97 Å². The zero-order valence-corrected chi connectivity index (χ0v) is 12.2. The van der Waals surface area contributed by atoms with Gasteiger partial charge in [-0.3, -0.25) is 9.88 Å². The number of ether oxygens (including phenoxy) is 1. The second-order valence-electron chi connectivity index (χ2n) is 5.53. The van der Waals surface area contributed by atoms with Crippen molar-refractivity contribution in [2.45, 2.75) is 32.4 Å². The summed E-state index contributed by atoms with van der Waals surface area (Å²) in [6, 6.07) is 3.90. The van der Waals surface area contributed by atoms with Gasteiger partial charge in [-0.2, -0.15) is 0 Å². The van der Waals surface area contributed by atoms with Crippen molar-refractivity contribution in [3.8, 4) is 0 Å². The first-order valence-corrected chi connectivity index (χ1v) is 7.11. The molecule has 1 aliphatic rings. The van der Waals surface area contributed by atoms with E-state index in [0.717, 1.165) is 25.3 Å². The summed E-state index contributed by atoms with van der Waals surface area (Å²) < 4.78 is 4.66. The molecule has 5 nitrogen and oxygen atoms in total. The maximum absolute atomic E-state index is 11.3. The zero-order valence-electron chi connectivity index (χ0n) is 12.2. The van der Waals surface area contributed by atoms with Gasteiger partial charge in [0.05, 0.1) is 18.4 Å². The normalized spacial score (nSPS) is 21.4. The van der Waals surface area contributed by atoms with Crippen LogP contribution in [0.1, 0.15) is 35.8 Å². The average Bonchev–Trinajstić information content (AvgIpc) is 2.47. The van der Waals surface area contributed by atoms with E-state index in [9.17, 15) is 4.79 Å². The molecule has 0 spiro atoms. The van der Waals surface area contributed by atoms with Gasteiger partial charge in [0, 0.05) is 25.3 Å². The molecule has 110 valence electrons. The second kappa shape index (κ2) is 6.81. The van der Waals surface area contributed by atoms with E-state index >= 15 is 0 Å². The Balaban J connectivity index is 1.94. The minimum absolute atomic E-state index is 0.243. The van der Waals surface area contributed by atoms with Gasteiger partial charge in [0.2, 0.25) is 0 Å². The lowest BCUT2D eigenvalue weighted by Gasteiger charge is -2.34. The van der Waals surface area contributed by atoms with Gasteiger partial charge in [0.1, 0.15) is 0 Å². The Labute approximate surface area is 120 Å². The van der Waals surface area contributed by atoms with Crippen LogP contribution < -0.4 is 5.73 Å². The third-order valence-electron chi connectivity index (χ3n) is 3.92. The van der Waals surface area contributed by atoms with Gasteiger partial charge >= 0.3 is 5.97 Å². The van der Waals surface area contributed by atoms with Crippen molar-refractivity contribution in [2.24, 2.45) is 11.7 Å². The predicted octanol–water partition coefficient (Wildman–Crippen LogP) is 1.43. The highest BCUT2D eigenvalue weighted by molar-refractivity contribution is 5.88. The Kier molecular flexibility index (Phi) is 5.09. The molecule has 1 saturated heterocycles. The number of rotatable bonds is 4. The SMILES string of the molecule is COC(=O)c1ccc(CN2CCCC(C(C)N)C2)nc1. The van der Waals surface area contributed by atoms with E-state index in [2.05, 4.69) is 21.5 Å². The van der Waals surface area contributed by atoms with Crippen molar-refractivity contribution in [1.29, 1.82) is 0 Å². The van der Waals surface area contributed by atoms with Crippen molar-refractivity contribution in [3.63, 3.8) is 0 Å². The molecule has 1 fully saturated rings. The number of carbonyl (C=O) groups is 1. The molecule has 1 aliphatic heterocycles. The Morgan fingerprint density at radius 2 is 2.40 bits per heavy atom. The van der Waals surface area contributed by atoms with Crippen LogP contribution in [0.3, 0.4) is 0 Å². The van der Waals surface area contributed by atoms with Gasteiger partial charge in [-0.1, -0.05) is 0 Å². The third-order valence-corrected chi connectivity index (χ3v) is 3.92. The fourth-order valence-electron chi connectivity index (χ4n) is 2.65. The molecule has 0 amide bonds. The summed E-state index contributed by atoms with van der Waals surface area (Å²) in [4.78, 5) is 18.1. The van der Waals surface area contributed by atoms with Crippen LogP contribution in [-0.4, -0.2) is 42.1 Å². The van der Waals surface area contributed by atoms with Gasteiger partial charge < -0.3 is 10.5 Å². The fourth-order valence-corrected chi connectivity index (χ4v) is 2.65. The van der Waals surface area contributed by atoms with Gasteiger partial charge in [-0.05, 0) is 44.4 Å². The maximum Gasteiger partial charge on any atom is 0.339 e. The number of aromatic nitrogens is 1. The highest BCUT2D eigenvalue weighted by Gasteiger charge is 2.22. The molecule has 2 unspecified atom stereocenters. The first-order chi connectivity index (χ1) is 9.60. The summed E-state index contributed by atoms with van der Waals surface area (Å²) in [5, 5.41) is 0. The minimum atomic E-state index is -0.348. The van der Waals surface area contributed by atoms with Gasteiger partial charge in [0.15, 0.2) is 0 Å². The van der Waals surface area contributed by atoms with Crippen LogP contribution in [0, 0.1) is 5.92 Å². The Morgan fingerprint density at radius 1 is 1.60 bits per heavy atom. The lowest BCUT2D eigenvalue weighted by molar-refractivity contribution is 0.0600. The Hall–Kier alpha value is -1.46. The van der Waals surface area contributed by atoms with E-state index in [0.29, 0.717) is 11.5 Å². The monoisotopic (exact) mass is 277 g/mol. The standard InChI is InChI=1S/C15H23N3O2/c1-11(16)13-4-3-7-18(9-13)10-14-6-5-12(8-17-14)15(19)20-2/h5-6,8,11,13H,3-4,7,9-10,16H2,1-2H3. The van der Waals surface area contributed by atoms with Crippen LogP contribution >= 0.6 is 0 Å². The first kappa shape index (κ1) is 14.9. The van der Waals surface area contributed by atoms with Crippen LogP contribution in [-0.2, 0) is 11.3 Å². The molecule has 2 rings (SSSR count). The van der Waals surface area contributed by atoms with E-state index in [1.54, 1.807) is 12.3 Å². The molecule has 0 radical (unpaired) electrons. The number of piperidine rings is 1. The summed E-state index contributed by atoms with van der Waals surface area (Å²) in [6.45, 7) is 5.00. The predicted molar refractivity (Wildman–Crippen MR) is 77.2 cm³/mol. The zero-order chi connectivity index (χ0) is 14.5. The van der Waals surface area contributed by atoms with E-state index in [-0.39, 0.29) is 12.0 Å². The van der Waals surface area contributed by atoms with Gasteiger partial charge in [-0.25, -0.2) is 4.79 Å². The van der Waals surface area contributed by atoms with Gasteiger partial charge in [-0.15, -0.1) is 0 Å². The molecule has 0 aliphatic carbocycles. The van der Waals surface area contributed by atoms with Gasteiger partial charge in [0.25, 0.3) is 0 Å². The topological polar surface area (TPSA) is 68.5 Å². The van der Waals surface area contributed by atoms with Crippen LogP contribution in [0.2, 0.25) is 0 Å². The first-order valence-electron chi connectivity index (χ1n) is 7.11. The second-order valence-corrected chi connectivity index (χ2v) is 5.53. The van der Waals surface area contributed by atoms with E-state index in [4.69, 9.17) is 5.73 Å². The molecular weight excluding hydrogens is 254 g/mol. The van der Waals surface area contributed by atoms with E-state index < -0.39 is 0 Å². The fraction of sp³-hybridized carbons (Fsp3) is 0.600. The Morgan fingerprint density at radius 3 is 3.00 bits per heavy atom. The summed E-state index contributed by atoms with van der Waals surface area (Å²) in [5.41, 5.74) is 7.46. The summed E-state index contributed by atoms with van der Waals surface area (Å²) in [5.74, 6) is 0.220. The summed E-state index contributed by atoms with van der Waals surface area (Å²) >= 11 is 0. The van der Waals surface area contributed by atoms with Crippen LogP contribution in [0.4, 0.5) is 0 Å². The molecule has 2 atom stereocenters. The largest absolute Gasteiger partial charge is 0.465 e. The van der Waals surface area contributed by atoms with Crippen LogP contribution in [0.15, 0.2) is 18.3 Å². The van der Waals surface area contributed by atoms with Crippen LogP contribution in [0.25, 0.3) is 0 Å². The molecule has 0 bridgehead atoms. The lowest BCUT2D eigenvalue weighted by Crippen LogP contribution is -2.42. The van der Waals surface area contributed by atoms with E-state index in [1.165, 1.54) is 20.0 Å². The number of nitrogens with zero attached hydrogens (tertiary/aromatic N) is 2. The number of likely N-dealkylation sites (tertiary alicyclic amines) is 1. The summed E-state index contributed by atoms with van der Waals surface area (Å²) in [7, 11) is 1.37. The molecule has 20 heavy (non-hydrogen) atoms. The number of methoxy groups -OCH3 is 1.